The Labute approximate surface area is 173 Å². The van der Waals surface area contributed by atoms with Gasteiger partial charge in [0.15, 0.2) is 0 Å². The molecule has 0 spiro atoms. The quantitative estimate of drug-likeness (QED) is 0.373. The minimum absolute atomic E-state index is 0.219. The van der Waals surface area contributed by atoms with Crippen LogP contribution < -0.4 is 15.5 Å². The summed E-state index contributed by atoms with van der Waals surface area (Å²) in [5.74, 6) is 0.141. The molecule has 2 N–H and O–H groups in total. The first kappa shape index (κ1) is 21.7. The number of rotatable bonds is 8. The number of nitrogens with zero attached hydrogens (tertiary/aromatic N) is 1. The molecule has 0 aliphatic rings. The van der Waals surface area contributed by atoms with Gasteiger partial charge in [0.1, 0.15) is 12.2 Å². The summed E-state index contributed by atoms with van der Waals surface area (Å²) in [6, 6.07) is 12.1. The second-order valence-corrected chi connectivity index (χ2v) is 7.18. The van der Waals surface area contributed by atoms with Crippen LogP contribution in [0.2, 0.25) is 10.0 Å². The lowest BCUT2D eigenvalue weighted by molar-refractivity contribution is -0.126. The summed E-state index contributed by atoms with van der Waals surface area (Å²) >= 11 is 11.9. The van der Waals surface area contributed by atoms with Crippen molar-refractivity contribution in [2.75, 3.05) is 11.9 Å². The number of hydrogen-bond acceptors (Lipinski definition) is 4. The predicted molar refractivity (Wildman–Crippen MR) is 112 cm³/mol. The van der Waals surface area contributed by atoms with Crippen LogP contribution in [0.3, 0.4) is 0 Å². The topological polar surface area (TPSA) is 79.8 Å². The van der Waals surface area contributed by atoms with E-state index in [4.69, 9.17) is 27.9 Å². The third kappa shape index (κ3) is 7.21. The van der Waals surface area contributed by atoms with E-state index in [1.54, 1.807) is 18.2 Å². The van der Waals surface area contributed by atoms with Crippen molar-refractivity contribution >= 4 is 46.9 Å². The molecule has 0 atom stereocenters. The van der Waals surface area contributed by atoms with Gasteiger partial charge in [-0.3, -0.25) is 9.59 Å². The number of hydrazone groups is 1. The number of halogens is 2. The van der Waals surface area contributed by atoms with Gasteiger partial charge in [0, 0.05) is 0 Å². The minimum Gasteiger partial charge on any atom is -0.493 e. The fourth-order valence-electron chi connectivity index (χ4n) is 2.07. The van der Waals surface area contributed by atoms with Crippen LogP contribution in [0.25, 0.3) is 0 Å². The van der Waals surface area contributed by atoms with E-state index in [-0.39, 0.29) is 5.02 Å². The van der Waals surface area contributed by atoms with Crippen LogP contribution in [0.15, 0.2) is 47.6 Å². The molecule has 28 heavy (non-hydrogen) atoms. The van der Waals surface area contributed by atoms with Crippen LogP contribution in [0, 0.1) is 5.92 Å². The zero-order chi connectivity index (χ0) is 20.5. The SMILES string of the molecule is CC(C)COc1ccc(C=NNC(=O)CC(=O)Nc2cccc(Cl)c2Cl)cc1. The van der Waals surface area contributed by atoms with Crippen molar-refractivity contribution in [2.45, 2.75) is 20.3 Å². The molecule has 0 saturated heterocycles. The molecular formula is C20H21Cl2N3O3. The molecule has 2 aromatic rings. The normalized spacial score (nSPS) is 10.9. The average molecular weight is 422 g/mol. The lowest BCUT2D eigenvalue weighted by Gasteiger charge is -2.08. The molecule has 2 aromatic carbocycles. The highest BCUT2D eigenvalue weighted by Gasteiger charge is 2.12. The van der Waals surface area contributed by atoms with E-state index in [1.807, 2.05) is 24.3 Å². The van der Waals surface area contributed by atoms with Crippen LogP contribution >= 0.6 is 23.2 Å². The van der Waals surface area contributed by atoms with Crippen molar-refractivity contribution in [1.82, 2.24) is 5.43 Å². The summed E-state index contributed by atoms with van der Waals surface area (Å²) in [6.07, 6.45) is 1.08. The Balaban J connectivity index is 1.79. The second kappa shape index (κ2) is 10.7. The standard InChI is InChI=1S/C20H21Cl2N3O3/c1-13(2)12-28-15-8-6-14(7-9-15)11-23-25-19(27)10-18(26)24-17-5-3-4-16(21)20(17)22/h3-9,11,13H,10,12H2,1-2H3,(H,24,26)(H,25,27). The van der Waals surface area contributed by atoms with E-state index in [0.717, 1.165) is 11.3 Å². The molecule has 0 heterocycles. The van der Waals surface area contributed by atoms with Crippen LogP contribution in [0.1, 0.15) is 25.8 Å². The Kier molecular flexibility index (Phi) is 8.29. The fraction of sp³-hybridized carbons (Fsp3) is 0.250. The van der Waals surface area contributed by atoms with Gasteiger partial charge >= 0.3 is 0 Å². The van der Waals surface area contributed by atoms with Crippen LogP contribution in [0.5, 0.6) is 5.75 Å². The highest BCUT2D eigenvalue weighted by Crippen LogP contribution is 2.29. The second-order valence-electron chi connectivity index (χ2n) is 6.39. The molecule has 8 heteroatoms. The first-order valence-corrected chi connectivity index (χ1v) is 9.39. The average Bonchev–Trinajstić information content (AvgIpc) is 2.64. The minimum atomic E-state index is -0.552. The maximum atomic E-state index is 11.9. The fourth-order valence-corrected chi connectivity index (χ4v) is 2.42. The lowest BCUT2D eigenvalue weighted by Crippen LogP contribution is -2.24. The van der Waals surface area contributed by atoms with Crippen molar-refractivity contribution < 1.29 is 14.3 Å². The maximum absolute atomic E-state index is 11.9. The van der Waals surface area contributed by atoms with E-state index in [9.17, 15) is 9.59 Å². The summed E-state index contributed by atoms with van der Waals surface area (Å²) in [4.78, 5) is 23.8. The Bertz CT molecular complexity index is 852. The number of ether oxygens (including phenoxy) is 1. The molecule has 2 rings (SSSR count). The van der Waals surface area contributed by atoms with E-state index in [0.29, 0.717) is 23.2 Å². The molecule has 148 valence electrons. The third-order valence-electron chi connectivity index (χ3n) is 3.41. The number of nitrogens with one attached hydrogen (secondary N) is 2. The molecule has 0 radical (unpaired) electrons. The van der Waals surface area contributed by atoms with E-state index >= 15 is 0 Å². The van der Waals surface area contributed by atoms with Gasteiger partial charge in [0.2, 0.25) is 11.8 Å². The molecule has 6 nitrogen and oxygen atoms in total. The molecule has 0 aliphatic heterocycles. The zero-order valence-corrected chi connectivity index (χ0v) is 17.1. The molecule has 0 aliphatic carbocycles. The van der Waals surface area contributed by atoms with Crippen LogP contribution in [-0.2, 0) is 9.59 Å². The van der Waals surface area contributed by atoms with Gasteiger partial charge in [-0.25, -0.2) is 5.43 Å². The first-order chi connectivity index (χ1) is 13.3. The number of anilines is 1. The first-order valence-electron chi connectivity index (χ1n) is 8.63. The van der Waals surface area contributed by atoms with Gasteiger partial charge in [-0.1, -0.05) is 43.1 Å². The summed E-state index contributed by atoms with van der Waals surface area (Å²) < 4.78 is 5.60. The van der Waals surface area contributed by atoms with Crippen molar-refractivity contribution in [3.8, 4) is 5.75 Å². The van der Waals surface area contributed by atoms with Gasteiger partial charge in [-0.05, 0) is 47.9 Å². The Morgan fingerprint density at radius 3 is 2.50 bits per heavy atom. The molecule has 0 unspecified atom stereocenters. The zero-order valence-electron chi connectivity index (χ0n) is 15.5. The largest absolute Gasteiger partial charge is 0.493 e. The molecule has 2 amide bonds. The lowest BCUT2D eigenvalue weighted by atomic mass is 10.2. The third-order valence-corrected chi connectivity index (χ3v) is 4.23. The maximum Gasteiger partial charge on any atom is 0.249 e. The highest BCUT2D eigenvalue weighted by molar-refractivity contribution is 6.44. The molecule has 0 saturated carbocycles. The van der Waals surface area contributed by atoms with Crippen LogP contribution in [0.4, 0.5) is 5.69 Å². The summed E-state index contributed by atoms with van der Waals surface area (Å²) in [5, 5.41) is 6.91. The van der Waals surface area contributed by atoms with Gasteiger partial charge in [-0.15, -0.1) is 0 Å². The predicted octanol–water partition coefficient (Wildman–Crippen LogP) is 4.51. The summed E-state index contributed by atoms with van der Waals surface area (Å²) in [5.41, 5.74) is 3.44. The van der Waals surface area contributed by atoms with Crippen LogP contribution in [-0.4, -0.2) is 24.6 Å². The monoisotopic (exact) mass is 421 g/mol. The Morgan fingerprint density at radius 1 is 1.11 bits per heavy atom. The van der Waals surface area contributed by atoms with Gasteiger partial charge in [0.05, 0.1) is 28.6 Å². The smallest absolute Gasteiger partial charge is 0.249 e. The summed E-state index contributed by atoms with van der Waals surface area (Å²) in [6.45, 7) is 4.80. The van der Waals surface area contributed by atoms with Crippen molar-refractivity contribution in [1.29, 1.82) is 0 Å². The van der Waals surface area contributed by atoms with Crippen molar-refractivity contribution in [3.05, 3.63) is 58.1 Å². The van der Waals surface area contributed by atoms with E-state index in [1.165, 1.54) is 6.21 Å². The Morgan fingerprint density at radius 2 is 1.82 bits per heavy atom. The molecule has 0 aromatic heterocycles. The molecular weight excluding hydrogens is 401 g/mol. The van der Waals surface area contributed by atoms with E-state index in [2.05, 4.69) is 29.7 Å². The number of benzene rings is 2. The number of carbonyl (C=O) groups excluding carboxylic acids is 2. The molecule has 0 fully saturated rings. The summed E-state index contributed by atoms with van der Waals surface area (Å²) in [7, 11) is 0. The van der Waals surface area contributed by atoms with E-state index < -0.39 is 18.2 Å². The van der Waals surface area contributed by atoms with Crippen molar-refractivity contribution in [2.24, 2.45) is 11.0 Å². The Hall–Kier alpha value is -2.57. The molecule has 0 bridgehead atoms. The van der Waals surface area contributed by atoms with Gasteiger partial charge in [-0.2, -0.15) is 5.10 Å². The number of carbonyl (C=O) groups is 2. The number of hydrogen-bond donors (Lipinski definition) is 2. The van der Waals surface area contributed by atoms with Crippen molar-refractivity contribution in [3.63, 3.8) is 0 Å². The van der Waals surface area contributed by atoms with Gasteiger partial charge < -0.3 is 10.1 Å². The number of amides is 2. The highest BCUT2D eigenvalue weighted by atomic mass is 35.5. The van der Waals surface area contributed by atoms with Gasteiger partial charge in [0.25, 0.3) is 0 Å².